The maximum absolute atomic E-state index is 11.5. The number of anilines is 2. The van der Waals surface area contributed by atoms with Crippen molar-refractivity contribution in [2.75, 3.05) is 16.8 Å². The van der Waals surface area contributed by atoms with Crippen LogP contribution < -0.4 is 10.2 Å². The Morgan fingerprint density at radius 2 is 2.06 bits per heavy atom. The molecule has 1 unspecified atom stereocenters. The highest BCUT2D eigenvalue weighted by molar-refractivity contribution is 5.96. The third kappa shape index (κ3) is 2.68. The normalized spacial score (nSPS) is 16.8. The number of amides is 2. The summed E-state index contributed by atoms with van der Waals surface area (Å²) >= 11 is 0. The number of carbonyl (C=O) groups is 2. The zero-order chi connectivity index (χ0) is 13.1. The number of carbonyl (C=O) groups excluding carboxylic acids is 2. The number of aliphatic hydroxyl groups is 1. The van der Waals surface area contributed by atoms with Gasteiger partial charge in [0.2, 0.25) is 5.91 Å². The molecule has 1 fully saturated rings. The average Bonchev–Trinajstić information content (AvgIpc) is 2.76. The van der Waals surface area contributed by atoms with Gasteiger partial charge in [-0.3, -0.25) is 9.59 Å². The van der Waals surface area contributed by atoms with Crippen LogP contribution in [0.2, 0.25) is 0 Å². The van der Waals surface area contributed by atoms with E-state index in [1.807, 2.05) is 0 Å². The van der Waals surface area contributed by atoms with E-state index in [1.165, 1.54) is 6.92 Å². The molecule has 1 aliphatic rings. The third-order valence-electron chi connectivity index (χ3n) is 2.90. The van der Waals surface area contributed by atoms with E-state index in [9.17, 15) is 9.59 Å². The highest BCUT2D eigenvalue weighted by Gasteiger charge is 2.21. The lowest BCUT2D eigenvalue weighted by atomic mass is 10.2. The van der Waals surface area contributed by atoms with Gasteiger partial charge in [-0.1, -0.05) is 0 Å². The average molecular weight is 248 g/mol. The molecule has 96 valence electrons. The van der Waals surface area contributed by atoms with E-state index in [1.54, 1.807) is 29.2 Å². The van der Waals surface area contributed by atoms with Crippen LogP contribution >= 0.6 is 0 Å². The molecule has 0 radical (unpaired) electrons. The van der Waals surface area contributed by atoms with Gasteiger partial charge in [-0.05, 0) is 37.6 Å². The molecule has 0 aliphatic carbocycles. The van der Waals surface area contributed by atoms with Crippen LogP contribution in [-0.4, -0.2) is 29.6 Å². The Bertz CT molecular complexity index is 454. The Hall–Kier alpha value is -1.88. The maximum atomic E-state index is 11.5. The number of hydrogen-bond donors (Lipinski definition) is 2. The quantitative estimate of drug-likeness (QED) is 0.842. The minimum absolute atomic E-state index is 0.135. The van der Waals surface area contributed by atoms with Gasteiger partial charge in [-0.25, -0.2) is 0 Å². The van der Waals surface area contributed by atoms with Gasteiger partial charge < -0.3 is 15.3 Å². The molecule has 18 heavy (non-hydrogen) atoms. The largest absolute Gasteiger partial charge is 0.384 e. The van der Waals surface area contributed by atoms with Crippen LogP contribution in [0.1, 0.15) is 19.8 Å². The van der Waals surface area contributed by atoms with Crippen LogP contribution in [0.15, 0.2) is 24.3 Å². The molecule has 0 bridgehead atoms. The van der Waals surface area contributed by atoms with Crippen molar-refractivity contribution in [2.24, 2.45) is 0 Å². The van der Waals surface area contributed by atoms with Crippen LogP contribution in [-0.2, 0) is 9.59 Å². The van der Waals surface area contributed by atoms with Gasteiger partial charge in [-0.2, -0.15) is 0 Å². The van der Waals surface area contributed by atoms with Crippen LogP contribution in [0.4, 0.5) is 11.4 Å². The van der Waals surface area contributed by atoms with Gasteiger partial charge >= 0.3 is 0 Å². The summed E-state index contributed by atoms with van der Waals surface area (Å²) < 4.78 is 0. The fourth-order valence-electron chi connectivity index (χ4n) is 1.89. The predicted molar refractivity (Wildman–Crippen MR) is 68.3 cm³/mol. The molecule has 1 heterocycles. The van der Waals surface area contributed by atoms with Crippen molar-refractivity contribution in [3.63, 3.8) is 0 Å². The van der Waals surface area contributed by atoms with E-state index < -0.39 is 12.0 Å². The molecule has 5 heteroatoms. The van der Waals surface area contributed by atoms with Crippen molar-refractivity contribution in [3.05, 3.63) is 24.3 Å². The van der Waals surface area contributed by atoms with Gasteiger partial charge in [-0.15, -0.1) is 0 Å². The Morgan fingerprint density at radius 3 is 2.56 bits per heavy atom. The Labute approximate surface area is 105 Å². The summed E-state index contributed by atoms with van der Waals surface area (Å²) in [6.45, 7) is 2.16. The summed E-state index contributed by atoms with van der Waals surface area (Å²) in [6.07, 6.45) is 0.449. The van der Waals surface area contributed by atoms with E-state index in [0.717, 1.165) is 18.7 Å². The van der Waals surface area contributed by atoms with Crippen LogP contribution in [0.25, 0.3) is 0 Å². The lowest BCUT2D eigenvalue weighted by molar-refractivity contribution is -0.123. The second-order valence-electron chi connectivity index (χ2n) is 4.36. The molecular weight excluding hydrogens is 232 g/mol. The smallest absolute Gasteiger partial charge is 0.252 e. The first kappa shape index (κ1) is 12.6. The van der Waals surface area contributed by atoms with Crippen molar-refractivity contribution < 1.29 is 14.7 Å². The van der Waals surface area contributed by atoms with E-state index >= 15 is 0 Å². The van der Waals surface area contributed by atoms with Gasteiger partial charge in [0.25, 0.3) is 5.91 Å². The molecule has 0 spiro atoms. The molecule has 1 saturated heterocycles. The van der Waals surface area contributed by atoms with Gasteiger partial charge in [0, 0.05) is 24.3 Å². The number of aliphatic hydroxyl groups excluding tert-OH is 1. The van der Waals surface area contributed by atoms with Crippen molar-refractivity contribution in [1.29, 1.82) is 0 Å². The van der Waals surface area contributed by atoms with Crippen LogP contribution in [0.5, 0.6) is 0 Å². The van der Waals surface area contributed by atoms with Gasteiger partial charge in [0.15, 0.2) is 0 Å². The highest BCUT2D eigenvalue weighted by Crippen LogP contribution is 2.22. The minimum atomic E-state index is -1.04. The summed E-state index contributed by atoms with van der Waals surface area (Å²) in [5, 5.41) is 11.7. The summed E-state index contributed by atoms with van der Waals surface area (Å²) in [5.74, 6) is -0.309. The van der Waals surface area contributed by atoms with E-state index in [-0.39, 0.29) is 5.91 Å². The van der Waals surface area contributed by atoms with Gasteiger partial charge in [0.05, 0.1) is 0 Å². The van der Waals surface area contributed by atoms with Crippen LogP contribution in [0, 0.1) is 0 Å². The van der Waals surface area contributed by atoms with E-state index in [0.29, 0.717) is 12.1 Å². The summed E-state index contributed by atoms with van der Waals surface area (Å²) in [5.41, 5.74) is 1.45. The lowest BCUT2D eigenvalue weighted by Crippen LogP contribution is -2.25. The minimum Gasteiger partial charge on any atom is -0.384 e. The molecule has 0 saturated carbocycles. The summed E-state index contributed by atoms with van der Waals surface area (Å²) in [7, 11) is 0. The number of hydrogen-bond acceptors (Lipinski definition) is 3. The zero-order valence-corrected chi connectivity index (χ0v) is 10.2. The van der Waals surface area contributed by atoms with E-state index in [2.05, 4.69) is 5.32 Å². The molecule has 0 aromatic heterocycles. The van der Waals surface area contributed by atoms with Crippen molar-refractivity contribution in [3.8, 4) is 0 Å². The Balaban J connectivity index is 2.06. The maximum Gasteiger partial charge on any atom is 0.252 e. The van der Waals surface area contributed by atoms with E-state index in [4.69, 9.17) is 5.11 Å². The van der Waals surface area contributed by atoms with Gasteiger partial charge in [0.1, 0.15) is 6.10 Å². The van der Waals surface area contributed by atoms with Crippen LogP contribution in [0.3, 0.4) is 0 Å². The number of nitrogens with one attached hydrogen (secondary N) is 1. The number of nitrogens with zero attached hydrogens (tertiary/aromatic N) is 1. The molecule has 1 aromatic carbocycles. The fraction of sp³-hybridized carbons (Fsp3) is 0.385. The molecular formula is C13H16N2O3. The molecule has 2 rings (SSSR count). The molecule has 1 aliphatic heterocycles. The summed E-state index contributed by atoms with van der Waals surface area (Å²) in [6, 6.07) is 7.03. The standard InChI is InChI=1S/C13H16N2O3/c1-9(16)13(18)14-10-4-6-11(7-5-10)15-8-2-3-12(15)17/h4-7,9,16H,2-3,8H2,1H3,(H,14,18). The topological polar surface area (TPSA) is 69.6 Å². The second-order valence-corrected chi connectivity index (χ2v) is 4.36. The van der Waals surface area contributed by atoms with Crippen molar-refractivity contribution in [2.45, 2.75) is 25.9 Å². The monoisotopic (exact) mass is 248 g/mol. The SMILES string of the molecule is CC(O)C(=O)Nc1ccc(N2CCCC2=O)cc1. The zero-order valence-electron chi connectivity index (χ0n) is 10.2. The lowest BCUT2D eigenvalue weighted by Gasteiger charge is -2.16. The molecule has 2 N–H and O–H groups in total. The molecule has 2 amide bonds. The number of rotatable bonds is 3. The highest BCUT2D eigenvalue weighted by atomic mass is 16.3. The first-order valence-electron chi connectivity index (χ1n) is 5.97. The van der Waals surface area contributed by atoms with Crippen molar-refractivity contribution in [1.82, 2.24) is 0 Å². The third-order valence-corrected chi connectivity index (χ3v) is 2.90. The summed E-state index contributed by atoms with van der Waals surface area (Å²) in [4.78, 5) is 24.6. The Kier molecular flexibility index (Phi) is 3.62. The first-order chi connectivity index (χ1) is 8.58. The molecule has 1 atom stereocenters. The first-order valence-corrected chi connectivity index (χ1v) is 5.97. The molecule has 1 aromatic rings. The van der Waals surface area contributed by atoms with Crippen molar-refractivity contribution >= 4 is 23.2 Å². The number of benzene rings is 1. The fourth-order valence-corrected chi connectivity index (χ4v) is 1.89. The molecule has 5 nitrogen and oxygen atoms in total. The Morgan fingerprint density at radius 1 is 1.39 bits per heavy atom. The second kappa shape index (κ2) is 5.18. The predicted octanol–water partition coefficient (Wildman–Crippen LogP) is 1.13.